The molecule has 0 fully saturated rings. The van der Waals surface area contributed by atoms with Gasteiger partial charge in [0.1, 0.15) is 11.4 Å². The van der Waals surface area contributed by atoms with Gasteiger partial charge in [-0.05, 0) is 61.4 Å². The lowest BCUT2D eigenvalue weighted by molar-refractivity contribution is 0.0697. The monoisotopic (exact) mass is 372 g/mol. The molecule has 1 N–H and O–H groups in total. The summed E-state index contributed by atoms with van der Waals surface area (Å²) < 4.78 is 7.73. The van der Waals surface area contributed by atoms with Crippen LogP contribution in [0.2, 0.25) is 0 Å². The summed E-state index contributed by atoms with van der Waals surface area (Å²) in [5.74, 6) is -0.0847. The lowest BCUT2D eigenvalue weighted by Crippen LogP contribution is -2.05. The molecule has 140 valence electrons. The van der Waals surface area contributed by atoms with Crippen LogP contribution in [0.4, 0.5) is 0 Å². The van der Waals surface area contributed by atoms with Gasteiger partial charge in [-0.15, -0.1) is 0 Å². The van der Waals surface area contributed by atoms with Crippen molar-refractivity contribution in [3.8, 4) is 28.1 Å². The van der Waals surface area contributed by atoms with Gasteiger partial charge in [-0.1, -0.05) is 24.3 Å². The highest BCUT2D eigenvalue weighted by molar-refractivity contribution is 5.88. The van der Waals surface area contributed by atoms with E-state index in [0.717, 1.165) is 33.8 Å². The van der Waals surface area contributed by atoms with Crippen molar-refractivity contribution in [1.29, 1.82) is 0 Å². The van der Waals surface area contributed by atoms with Crippen molar-refractivity contribution in [2.45, 2.75) is 20.0 Å². The number of aromatic carboxylic acids is 1. The number of ether oxygens (including phenoxy) is 1. The highest BCUT2D eigenvalue weighted by Gasteiger charge is 2.09. The Balaban J connectivity index is 1.71. The number of pyridine rings is 1. The third-order valence-corrected chi connectivity index (χ3v) is 4.49. The number of imidazole rings is 1. The average molecular weight is 372 g/mol. The smallest absolute Gasteiger partial charge is 0.335 e. The molecule has 0 saturated heterocycles. The SMILES string of the molecule is CC(C)Oc1ccc(-c2ccc3ncc(-c4ccc(C(=O)O)cc4)n3c2)cc1. The molecule has 0 aliphatic heterocycles. The van der Waals surface area contributed by atoms with Gasteiger partial charge in [0, 0.05) is 11.8 Å². The number of hydrogen-bond donors (Lipinski definition) is 1. The van der Waals surface area contributed by atoms with E-state index in [9.17, 15) is 4.79 Å². The first kappa shape index (κ1) is 17.8. The summed E-state index contributed by atoms with van der Waals surface area (Å²) in [5, 5.41) is 9.08. The molecule has 5 heteroatoms. The zero-order valence-electron chi connectivity index (χ0n) is 15.7. The van der Waals surface area contributed by atoms with E-state index in [-0.39, 0.29) is 11.7 Å². The Morgan fingerprint density at radius 1 is 0.929 bits per heavy atom. The van der Waals surface area contributed by atoms with Gasteiger partial charge in [0.15, 0.2) is 0 Å². The molecule has 0 bridgehead atoms. The summed E-state index contributed by atoms with van der Waals surface area (Å²) in [4.78, 5) is 15.5. The molecule has 0 radical (unpaired) electrons. The Kier molecular flexibility index (Phi) is 4.57. The van der Waals surface area contributed by atoms with Crippen molar-refractivity contribution in [3.05, 3.63) is 78.6 Å². The lowest BCUT2D eigenvalue weighted by Gasteiger charge is -2.10. The molecule has 5 nitrogen and oxygen atoms in total. The van der Waals surface area contributed by atoms with Crippen molar-refractivity contribution < 1.29 is 14.6 Å². The zero-order chi connectivity index (χ0) is 19.7. The van der Waals surface area contributed by atoms with Crippen LogP contribution in [0.3, 0.4) is 0 Å². The quantitative estimate of drug-likeness (QED) is 0.526. The minimum absolute atomic E-state index is 0.142. The lowest BCUT2D eigenvalue weighted by atomic mass is 10.1. The molecule has 28 heavy (non-hydrogen) atoms. The normalized spacial score (nSPS) is 11.1. The van der Waals surface area contributed by atoms with Gasteiger partial charge in [-0.25, -0.2) is 9.78 Å². The number of aromatic nitrogens is 2. The predicted molar refractivity (Wildman–Crippen MR) is 109 cm³/mol. The van der Waals surface area contributed by atoms with Crippen LogP contribution in [0.15, 0.2) is 73.1 Å². The molecular formula is C23H20N2O3. The van der Waals surface area contributed by atoms with Crippen LogP contribution in [0.1, 0.15) is 24.2 Å². The predicted octanol–water partition coefficient (Wildman–Crippen LogP) is 5.15. The number of carbonyl (C=O) groups is 1. The number of rotatable bonds is 5. The molecule has 0 unspecified atom stereocenters. The number of carboxylic acids is 1. The van der Waals surface area contributed by atoms with Crippen molar-refractivity contribution in [2.75, 3.05) is 0 Å². The Labute approximate surface area is 162 Å². The van der Waals surface area contributed by atoms with Crippen LogP contribution in [0.5, 0.6) is 5.75 Å². The van der Waals surface area contributed by atoms with Gasteiger partial charge in [0.25, 0.3) is 0 Å². The van der Waals surface area contributed by atoms with Crippen LogP contribution in [-0.2, 0) is 0 Å². The van der Waals surface area contributed by atoms with Crippen LogP contribution in [-0.4, -0.2) is 26.6 Å². The molecule has 0 spiro atoms. The van der Waals surface area contributed by atoms with Crippen molar-refractivity contribution in [2.24, 2.45) is 0 Å². The van der Waals surface area contributed by atoms with E-state index in [1.807, 2.05) is 60.8 Å². The first-order chi connectivity index (χ1) is 13.5. The van der Waals surface area contributed by atoms with Gasteiger partial charge in [0.05, 0.1) is 23.6 Å². The average Bonchev–Trinajstić information content (AvgIpc) is 3.11. The maximum atomic E-state index is 11.1. The Morgan fingerprint density at radius 3 is 2.21 bits per heavy atom. The summed E-state index contributed by atoms with van der Waals surface area (Å²) in [6.45, 7) is 4.01. The Bertz CT molecular complexity index is 1130. The second-order valence-corrected chi connectivity index (χ2v) is 6.86. The summed E-state index contributed by atoms with van der Waals surface area (Å²) in [5.41, 5.74) is 5.07. The van der Waals surface area contributed by atoms with Crippen molar-refractivity contribution in [3.63, 3.8) is 0 Å². The molecule has 2 aromatic heterocycles. The van der Waals surface area contributed by atoms with Gasteiger partial charge >= 0.3 is 5.97 Å². The number of benzene rings is 2. The maximum absolute atomic E-state index is 11.1. The molecule has 0 aliphatic carbocycles. The number of fused-ring (bicyclic) bond motifs is 1. The van der Waals surface area contributed by atoms with Crippen LogP contribution >= 0.6 is 0 Å². The van der Waals surface area contributed by atoms with E-state index in [2.05, 4.69) is 4.98 Å². The van der Waals surface area contributed by atoms with Gasteiger partial charge in [-0.2, -0.15) is 0 Å². The van der Waals surface area contributed by atoms with Crippen molar-refractivity contribution >= 4 is 11.6 Å². The fourth-order valence-electron chi connectivity index (χ4n) is 3.15. The largest absolute Gasteiger partial charge is 0.491 e. The van der Waals surface area contributed by atoms with Crippen molar-refractivity contribution in [1.82, 2.24) is 9.38 Å². The fraction of sp³-hybridized carbons (Fsp3) is 0.130. The minimum atomic E-state index is -0.933. The van der Waals surface area contributed by atoms with Crippen LogP contribution < -0.4 is 4.74 Å². The molecule has 4 rings (SSSR count). The van der Waals surface area contributed by atoms with Crippen LogP contribution in [0.25, 0.3) is 28.0 Å². The van der Waals surface area contributed by atoms with E-state index in [1.54, 1.807) is 30.5 Å². The molecule has 0 saturated carbocycles. The standard InChI is InChI=1S/C23H20N2O3/c1-15(2)28-20-10-7-16(8-11-20)19-9-12-22-24-13-21(25(22)14-19)17-3-5-18(6-4-17)23(26)27/h3-15H,1-2H3,(H,26,27). The molecule has 2 heterocycles. The second kappa shape index (κ2) is 7.19. The molecule has 0 aliphatic rings. The molecule has 0 atom stereocenters. The third kappa shape index (κ3) is 3.47. The third-order valence-electron chi connectivity index (χ3n) is 4.49. The van der Waals surface area contributed by atoms with E-state index >= 15 is 0 Å². The highest BCUT2D eigenvalue weighted by Crippen LogP contribution is 2.27. The number of hydrogen-bond acceptors (Lipinski definition) is 3. The molecular weight excluding hydrogens is 352 g/mol. The molecule has 2 aromatic carbocycles. The van der Waals surface area contributed by atoms with E-state index in [1.165, 1.54) is 0 Å². The van der Waals surface area contributed by atoms with E-state index in [4.69, 9.17) is 9.84 Å². The summed E-state index contributed by atoms with van der Waals surface area (Å²) in [6, 6.07) is 18.9. The van der Waals surface area contributed by atoms with Crippen LogP contribution in [0, 0.1) is 0 Å². The summed E-state index contributed by atoms with van der Waals surface area (Å²) in [7, 11) is 0. The molecule has 4 aromatic rings. The first-order valence-corrected chi connectivity index (χ1v) is 9.09. The maximum Gasteiger partial charge on any atom is 0.335 e. The second-order valence-electron chi connectivity index (χ2n) is 6.86. The number of nitrogens with zero attached hydrogens (tertiary/aromatic N) is 2. The van der Waals surface area contributed by atoms with Gasteiger partial charge in [-0.3, -0.25) is 4.40 Å². The highest BCUT2D eigenvalue weighted by atomic mass is 16.5. The first-order valence-electron chi connectivity index (χ1n) is 9.09. The topological polar surface area (TPSA) is 63.8 Å². The van der Waals surface area contributed by atoms with E-state index in [0.29, 0.717) is 0 Å². The fourth-order valence-corrected chi connectivity index (χ4v) is 3.15. The Hall–Kier alpha value is -3.60. The van der Waals surface area contributed by atoms with Gasteiger partial charge in [0.2, 0.25) is 0 Å². The Morgan fingerprint density at radius 2 is 1.57 bits per heavy atom. The summed E-state index contributed by atoms with van der Waals surface area (Å²) in [6.07, 6.45) is 3.98. The minimum Gasteiger partial charge on any atom is -0.491 e. The van der Waals surface area contributed by atoms with Gasteiger partial charge < -0.3 is 9.84 Å². The molecule has 0 amide bonds. The summed E-state index contributed by atoms with van der Waals surface area (Å²) >= 11 is 0. The van der Waals surface area contributed by atoms with E-state index < -0.39 is 5.97 Å². The zero-order valence-corrected chi connectivity index (χ0v) is 15.7. The number of carboxylic acid groups (broad SMARTS) is 1.